The van der Waals surface area contributed by atoms with E-state index in [1.54, 1.807) is 17.0 Å². The number of carbonyl (C=O) groups excluding carboxylic acids is 1. The van der Waals surface area contributed by atoms with Crippen molar-refractivity contribution in [3.05, 3.63) is 23.3 Å². The summed E-state index contributed by atoms with van der Waals surface area (Å²) in [5, 5.41) is 9.13. The second-order valence-electron chi connectivity index (χ2n) is 7.51. The van der Waals surface area contributed by atoms with Gasteiger partial charge in [0.1, 0.15) is 10.6 Å². The minimum Gasteiger partial charge on any atom is -0.495 e. The van der Waals surface area contributed by atoms with Crippen LogP contribution >= 0.6 is 0 Å². The SMILES string of the molecule is COc1cc(C)c(C)cc1S(=O)(=O)N1CCC(N2CC(C(=O)O)CC2=O)CC1. The number of methoxy groups -OCH3 is 1. The molecule has 1 N–H and O–H groups in total. The third-order valence-corrected chi connectivity index (χ3v) is 7.69. The van der Waals surface area contributed by atoms with Crippen LogP contribution in [0.2, 0.25) is 0 Å². The number of ether oxygens (including phenoxy) is 1. The summed E-state index contributed by atoms with van der Waals surface area (Å²) in [4.78, 5) is 25.1. The number of likely N-dealkylation sites (tertiary alicyclic amines) is 1. The second-order valence-corrected chi connectivity index (χ2v) is 9.41. The number of aliphatic carboxylic acids is 1. The Morgan fingerprint density at radius 2 is 1.79 bits per heavy atom. The lowest BCUT2D eigenvalue weighted by Crippen LogP contribution is -2.47. The van der Waals surface area contributed by atoms with Crippen LogP contribution in [0.4, 0.5) is 0 Å². The van der Waals surface area contributed by atoms with E-state index >= 15 is 0 Å². The number of nitrogens with zero attached hydrogens (tertiary/aromatic N) is 2. The van der Waals surface area contributed by atoms with Crippen LogP contribution in [-0.4, -0.2) is 67.4 Å². The lowest BCUT2D eigenvalue weighted by Gasteiger charge is -2.36. The molecular formula is C19H26N2O6S. The average Bonchev–Trinajstić information content (AvgIpc) is 3.05. The van der Waals surface area contributed by atoms with Gasteiger partial charge in [-0.3, -0.25) is 9.59 Å². The summed E-state index contributed by atoms with van der Waals surface area (Å²) in [7, 11) is -2.27. The van der Waals surface area contributed by atoms with Gasteiger partial charge in [0.25, 0.3) is 0 Å². The molecule has 2 aliphatic rings. The molecule has 1 atom stereocenters. The Morgan fingerprint density at radius 1 is 1.18 bits per heavy atom. The molecule has 3 rings (SSSR count). The van der Waals surface area contributed by atoms with Gasteiger partial charge in [0.15, 0.2) is 0 Å². The number of aryl methyl sites for hydroxylation is 2. The molecule has 0 saturated carbocycles. The van der Waals surface area contributed by atoms with E-state index in [2.05, 4.69) is 0 Å². The van der Waals surface area contributed by atoms with Gasteiger partial charge in [-0.15, -0.1) is 0 Å². The van der Waals surface area contributed by atoms with Crippen molar-refractivity contribution in [1.82, 2.24) is 9.21 Å². The molecule has 9 heteroatoms. The molecule has 2 fully saturated rings. The Bertz CT molecular complexity index is 890. The summed E-state index contributed by atoms with van der Waals surface area (Å²) in [5.74, 6) is -1.47. The van der Waals surface area contributed by atoms with E-state index in [0.29, 0.717) is 18.6 Å². The Balaban J connectivity index is 1.74. The molecule has 0 spiro atoms. The molecule has 2 saturated heterocycles. The van der Waals surface area contributed by atoms with Gasteiger partial charge in [0, 0.05) is 32.1 Å². The predicted octanol–water partition coefficient (Wildman–Crippen LogP) is 1.40. The van der Waals surface area contributed by atoms with Crippen LogP contribution in [-0.2, 0) is 19.6 Å². The molecule has 1 aromatic rings. The quantitative estimate of drug-likeness (QED) is 0.787. The normalized spacial score (nSPS) is 21.9. The number of benzene rings is 1. The Labute approximate surface area is 165 Å². The maximum Gasteiger partial charge on any atom is 0.308 e. The van der Waals surface area contributed by atoms with Crippen LogP contribution < -0.4 is 4.74 Å². The molecule has 0 aliphatic carbocycles. The summed E-state index contributed by atoms with van der Waals surface area (Å²) >= 11 is 0. The molecule has 1 amide bonds. The molecule has 0 bridgehead atoms. The molecule has 8 nitrogen and oxygen atoms in total. The summed E-state index contributed by atoms with van der Waals surface area (Å²) in [6, 6.07) is 3.24. The number of carboxylic acid groups (broad SMARTS) is 1. The number of sulfonamides is 1. The monoisotopic (exact) mass is 410 g/mol. The van der Waals surface area contributed by atoms with E-state index < -0.39 is 21.9 Å². The number of amides is 1. The van der Waals surface area contributed by atoms with E-state index in [1.165, 1.54) is 11.4 Å². The fourth-order valence-corrected chi connectivity index (χ4v) is 5.60. The molecule has 0 aromatic heterocycles. The molecular weight excluding hydrogens is 384 g/mol. The Hall–Kier alpha value is -2.13. The van der Waals surface area contributed by atoms with Crippen LogP contribution in [0.25, 0.3) is 0 Å². The first-order valence-electron chi connectivity index (χ1n) is 9.32. The maximum absolute atomic E-state index is 13.2. The third kappa shape index (κ3) is 3.73. The zero-order valence-corrected chi connectivity index (χ0v) is 17.2. The third-order valence-electron chi connectivity index (χ3n) is 5.77. The molecule has 28 heavy (non-hydrogen) atoms. The van der Waals surface area contributed by atoms with Gasteiger partial charge in [0.2, 0.25) is 15.9 Å². The van der Waals surface area contributed by atoms with Crippen molar-refractivity contribution >= 4 is 21.9 Å². The first-order chi connectivity index (χ1) is 13.1. The highest BCUT2D eigenvalue weighted by molar-refractivity contribution is 7.89. The number of rotatable bonds is 5. The minimum absolute atomic E-state index is 0.0215. The summed E-state index contributed by atoms with van der Waals surface area (Å²) in [6.07, 6.45) is 1.00. The molecule has 2 heterocycles. The highest BCUT2D eigenvalue weighted by Crippen LogP contribution is 2.32. The molecule has 1 unspecified atom stereocenters. The molecule has 1 aromatic carbocycles. The van der Waals surface area contributed by atoms with Crippen molar-refractivity contribution < 1.29 is 27.9 Å². The van der Waals surface area contributed by atoms with Crippen molar-refractivity contribution in [1.29, 1.82) is 0 Å². The number of hydrogen-bond donors (Lipinski definition) is 1. The molecule has 0 radical (unpaired) electrons. The fraction of sp³-hybridized carbons (Fsp3) is 0.579. The van der Waals surface area contributed by atoms with E-state index in [1.807, 2.05) is 13.8 Å². The number of hydrogen-bond acceptors (Lipinski definition) is 5. The van der Waals surface area contributed by atoms with Gasteiger partial charge in [0.05, 0.1) is 13.0 Å². The van der Waals surface area contributed by atoms with Crippen molar-refractivity contribution in [2.24, 2.45) is 5.92 Å². The standard InChI is InChI=1S/C19H26N2O6S/c1-12-8-16(27-3)17(9-13(12)2)28(25,26)20-6-4-15(5-7-20)21-11-14(19(23)24)10-18(21)22/h8-9,14-15H,4-7,10-11H2,1-3H3,(H,23,24). The van der Waals surface area contributed by atoms with Crippen molar-refractivity contribution in [3.63, 3.8) is 0 Å². The smallest absolute Gasteiger partial charge is 0.308 e. The molecule has 154 valence electrons. The van der Waals surface area contributed by atoms with Crippen molar-refractivity contribution in [2.45, 2.75) is 44.0 Å². The summed E-state index contributed by atoms with van der Waals surface area (Å²) in [6.45, 7) is 4.53. The average molecular weight is 410 g/mol. The van der Waals surface area contributed by atoms with Crippen LogP contribution in [0, 0.1) is 19.8 Å². The largest absolute Gasteiger partial charge is 0.495 e. The fourth-order valence-electron chi connectivity index (χ4n) is 3.91. The van der Waals surface area contributed by atoms with Gasteiger partial charge < -0.3 is 14.7 Å². The predicted molar refractivity (Wildman–Crippen MR) is 102 cm³/mol. The van der Waals surface area contributed by atoms with Crippen molar-refractivity contribution in [3.8, 4) is 5.75 Å². The van der Waals surface area contributed by atoms with Crippen LogP contribution in [0.3, 0.4) is 0 Å². The lowest BCUT2D eigenvalue weighted by atomic mass is 10.1. The van der Waals surface area contributed by atoms with Gasteiger partial charge in [-0.25, -0.2) is 8.42 Å². The van der Waals surface area contributed by atoms with E-state index in [4.69, 9.17) is 9.84 Å². The Morgan fingerprint density at radius 3 is 2.32 bits per heavy atom. The Kier molecular flexibility index (Phi) is 5.67. The molecule has 2 aliphatic heterocycles. The number of carboxylic acids is 1. The van der Waals surface area contributed by atoms with Crippen LogP contribution in [0.15, 0.2) is 17.0 Å². The number of piperidine rings is 1. The summed E-state index contributed by atoms with van der Waals surface area (Å²) < 4.78 is 33.0. The maximum atomic E-state index is 13.2. The highest BCUT2D eigenvalue weighted by Gasteiger charge is 2.40. The minimum atomic E-state index is -3.72. The van der Waals surface area contributed by atoms with Crippen LogP contribution in [0.5, 0.6) is 5.75 Å². The lowest BCUT2D eigenvalue weighted by molar-refractivity contribution is -0.141. The first kappa shape index (κ1) is 20.6. The van der Waals surface area contributed by atoms with Gasteiger partial charge in [-0.1, -0.05) is 0 Å². The topological polar surface area (TPSA) is 104 Å². The van der Waals surface area contributed by atoms with Crippen molar-refractivity contribution in [2.75, 3.05) is 26.7 Å². The summed E-state index contributed by atoms with van der Waals surface area (Å²) in [5.41, 5.74) is 1.83. The zero-order valence-electron chi connectivity index (χ0n) is 16.3. The van der Waals surface area contributed by atoms with Gasteiger partial charge in [-0.2, -0.15) is 4.31 Å². The number of carbonyl (C=O) groups is 2. The zero-order chi connectivity index (χ0) is 20.6. The van der Waals surface area contributed by atoms with E-state index in [0.717, 1.165) is 11.1 Å². The second kappa shape index (κ2) is 7.71. The van der Waals surface area contributed by atoms with E-state index in [9.17, 15) is 18.0 Å². The van der Waals surface area contributed by atoms with E-state index in [-0.39, 0.29) is 42.9 Å². The highest BCUT2D eigenvalue weighted by atomic mass is 32.2. The first-order valence-corrected chi connectivity index (χ1v) is 10.8. The van der Waals surface area contributed by atoms with Crippen LogP contribution in [0.1, 0.15) is 30.4 Å². The van der Waals surface area contributed by atoms with Gasteiger partial charge in [-0.05, 0) is 49.9 Å². The van der Waals surface area contributed by atoms with Gasteiger partial charge >= 0.3 is 5.97 Å².